The van der Waals surface area contributed by atoms with Gasteiger partial charge in [0, 0.05) is 17.0 Å². The molecule has 27 heavy (non-hydrogen) atoms. The van der Waals surface area contributed by atoms with Gasteiger partial charge in [-0.15, -0.1) is 0 Å². The van der Waals surface area contributed by atoms with Crippen LogP contribution in [0.4, 0.5) is 0 Å². The van der Waals surface area contributed by atoms with Crippen LogP contribution in [0.2, 0.25) is 10.0 Å². The number of amides is 2. The maximum absolute atomic E-state index is 11.8. The Labute approximate surface area is 172 Å². The molecule has 0 atom stereocenters. The van der Waals surface area contributed by atoms with E-state index in [-0.39, 0.29) is 23.3 Å². The number of thiocarbonyl (C=S) groups is 1. The highest BCUT2D eigenvalue weighted by atomic mass is 35.5. The number of hydrogen-bond donors (Lipinski definition) is 3. The molecule has 0 saturated heterocycles. The normalized spacial score (nSPS) is 10.0. The molecule has 6 nitrogen and oxygen atoms in total. The average molecular weight is 426 g/mol. The number of hydrogen-bond acceptors (Lipinski definition) is 4. The van der Waals surface area contributed by atoms with E-state index < -0.39 is 0 Å². The van der Waals surface area contributed by atoms with Crippen molar-refractivity contribution >= 4 is 52.3 Å². The SMILES string of the molecule is O=C(CCCOc1ccc(Cl)cc1Cl)NC(=S)NNC(=O)c1ccccc1. The summed E-state index contributed by atoms with van der Waals surface area (Å²) in [4.78, 5) is 23.7. The van der Waals surface area contributed by atoms with Crippen molar-refractivity contribution < 1.29 is 14.3 Å². The number of carbonyl (C=O) groups is 2. The Hall–Kier alpha value is -2.35. The van der Waals surface area contributed by atoms with E-state index in [1.165, 1.54) is 0 Å². The summed E-state index contributed by atoms with van der Waals surface area (Å²) in [5.74, 6) is -0.157. The highest BCUT2D eigenvalue weighted by Gasteiger charge is 2.08. The van der Waals surface area contributed by atoms with Crippen LogP contribution in [0.1, 0.15) is 23.2 Å². The van der Waals surface area contributed by atoms with Gasteiger partial charge >= 0.3 is 0 Å². The molecule has 2 aromatic rings. The molecule has 9 heteroatoms. The third kappa shape index (κ3) is 7.42. The van der Waals surface area contributed by atoms with Gasteiger partial charge in [-0.2, -0.15) is 0 Å². The number of nitrogens with one attached hydrogen (secondary N) is 3. The highest BCUT2D eigenvalue weighted by Crippen LogP contribution is 2.27. The van der Waals surface area contributed by atoms with E-state index in [9.17, 15) is 9.59 Å². The van der Waals surface area contributed by atoms with Gasteiger partial charge in [-0.1, -0.05) is 41.4 Å². The lowest BCUT2D eigenvalue weighted by Gasteiger charge is -2.11. The molecule has 0 saturated carbocycles. The minimum Gasteiger partial charge on any atom is -0.492 e. The smallest absolute Gasteiger partial charge is 0.269 e. The zero-order chi connectivity index (χ0) is 19.6. The van der Waals surface area contributed by atoms with Gasteiger partial charge < -0.3 is 10.1 Å². The molecule has 2 rings (SSSR count). The van der Waals surface area contributed by atoms with Gasteiger partial charge in [-0.3, -0.25) is 20.4 Å². The van der Waals surface area contributed by atoms with E-state index >= 15 is 0 Å². The molecule has 0 aliphatic heterocycles. The van der Waals surface area contributed by atoms with Crippen LogP contribution in [0.15, 0.2) is 48.5 Å². The van der Waals surface area contributed by atoms with Gasteiger partial charge in [-0.25, -0.2) is 0 Å². The Bertz CT molecular complexity index is 819. The zero-order valence-corrected chi connectivity index (χ0v) is 16.5. The van der Waals surface area contributed by atoms with Crippen LogP contribution in [0, 0.1) is 0 Å². The minimum atomic E-state index is -0.361. The fourth-order valence-electron chi connectivity index (χ4n) is 2.00. The quantitative estimate of drug-likeness (QED) is 0.375. The number of carbonyl (C=O) groups excluding carboxylic acids is 2. The molecule has 3 N–H and O–H groups in total. The monoisotopic (exact) mass is 425 g/mol. The Morgan fingerprint density at radius 1 is 1.04 bits per heavy atom. The van der Waals surface area contributed by atoms with Gasteiger partial charge in [0.15, 0.2) is 5.11 Å². The molecule has 0 heterocycles. The third-order valence-corrected chi connectivity index (χ3v) is 4.01. The van der Waals surface area contributed by atoms with E-state index in [1.807, 2.05) is 0 Å². The molecule has 0 aromatic heterocycles. The average Bonchev–Trinajstić information content (AvgIpc) is 2.65. The van der Waals surface area contributed by atoms with E-state index in [2.05, 4.69) is 16.2 Å². The van der Waals surface area contributed by atoms with E-state index in [0.717, 1.165) is 0 Å². The first kappa shape index (κ1) is 21.0. The van der Waals surface area contributed by atoms with Crippen molar-refractivity contribution in [3.05, 3.63) is 64.1 Å². The van der Waals surface area contributed by atoms with Crippen LogP contribution in [-0.4, -0.2) is 23.5 Å². The Morgan fingerprint density at radius 3 is 2.48 bits per heavy atom. The molecule has 0 aliphatic rings. The summed E-state index contributed by atoms with van der Waals surface area (Å²) in [6.45, 7) is 0.305. The van der Waals surface area contributed by atoms with Crippen LogP contribution >= 0.6 is 35.4 Å². The van der Waals surface area contributed by atoms with Crippen molar-refractivity contribution in [2.24, 2.45) is 0 Å². The second kappa shape index (κ2) is 10.7. The van der Waals surface area contributed by atoms with Crippen LogP contribution in [-0.2, 0) is 4.79 Å². The number of rotatable bonds is 6. The molecule has 2 amide bonds. The first-order valence-electron chi connectivity index (χ1n) is 7.99. The number of halogens is 2. The van der Waals surface area contributed by atoms with Crippen molar-refractivity contribution in [1.29, 1.82) is 0 Å². The van der Waals surface area contributed by atoms with E-state index in [0.29, 0.717) is 34.4 Å². The van der Waals surface area contributed by atoms with Crippen molar-refractivity contribution in [1.82, 2.24) is 16.2 Å². The van der Waals surface area contributed by atoms with Crippen LogP contribution in [0.25, 0.3) is 0 Å². The van der Waals surface area contributed by atoms with Gasteiger partial charge in [0.05, 0.1) is 11.6 Å². The fourth-order valence-corrected chi connectivity index (χ4v) is 2.63. The summed E-state index contributed by atoms with van der Waals surface area (Å²) in [7, 11) is 0. The maximum Gasteiger partial charge on any atom is 0.269 e. The van der Waals surface area contributed by atoms with Crippen molar-refractivity contribution in [2.45, 2.75) is 12.8 Å². The summed E-state index contributed by atoms with van der Waals surface area (Å²) in [6.07, 6.45) is 0.656. The Morgan fingerprint density at radius 2 is 1.78 bits per heavy atom. The molecule has 0 unspecified atom stereocenters. The summed E-state index contributed by atoms with van der Waals surface area (Å²) >= 11 is 16.8. The molecule has 0 bridgehead atoms. The van der Waals surface area contributed by atoms with Crippen molar-refractivity contribution in [3.63, 3.8) is 0 Å². The number of benzene rings is 2. The first-order valence-corrected chi connectivity index (χ1v) is 9.15. The van der Waals surface area contributed by atoms with Gasteiger partial charge in [0.25, 0.3) is 5.91 Å². The largest absolute Gasteiger partial charge is 0.492 e. The summed E-state index contributed by atoms with van der Waals surface area (Å²) in [5, 5.41) is 3.41. The zero-order valence-electron chi connectivity index (χ0n) is 14.1. The van der Waals surface area contributed by atoms with Crippen LogP contribution < -0.4 is 20.9 Å². The van der Waals surface area contributed by atoms with Crippen molar-refractivity contribution in [3.8, 4) is 5.75 Å². The second-order valence-corrected chi connectivity index (χ2v) is 6.60. The van der Waals surface area contributed by atoms with E-state index in [1.54, 1.807) is 48.5 Å². The second-order valence-electron chi connectivity index (χ2n) is 5.35. The lowest BCUT2D eigenvalue weighted by molar-refractivity contribution is -0.119. The summed E-state index contributed by atoms with van der Waals surface area (Å²) < 4.78 is 5.50. The molecule has 0 aliphatic carbocycles. The molecular weight excluding hydrogens is 409 g/mol. The topological polar surface area (TPSA) is 79.5 Å². The lowest BCUT2D eigenvalue weighted by Crippen LogP contribution is -2.48. The summed E-state index contributed by atoms with van der Waals surface area (Å²) in [5.41, 5.74) is 5.36. The van der Waals surface area contributed by atoms with Gasteiger partial charge in [0.1, 0.15) is 5.75 Å². The highest BCUT2D eigenvalue weighted by molar-refractivity contribution is 7.80. The minimum absolute atomic E-state index is 0.00550. The first-order chi connectivity index (χ1) is 13.0. The van der Waals surface area contributed by atoms with Crippen molar-refractivity contribution in [2.75, 3.05) is 6.61 Å². The number of hydrazine groups is 1. The third-order valence-electron chi connectivity index (χ3n) is 3.28. The van der Waals surface area contributed by atoms with Crippen LogP contribution in [0.5, 0.6) is 5.75 Å². The fraction of sp³-hybridized carbons (Fsp3) is 0.167. The van der Waals surface area contributed by atoms with Crippen LogP contribution in [0.3, 0.4) is 0 Å². The van der Waals surface area contributed by atoms with Gasteiger partial charge in [0.2, 0.25) is 5.91 Å². The predicted molar refractivity (Wildman–Crippen MR) is 109 cm³/mol. The molecule has 0 radical (unpaired) electrons. The predicted octanol–water partition coefficient (Wildman–Crippen LogP) is 3.49. The molecular formula is C18H17Cl2N3O3S. The summed E-state index contributed by atoms with van der Waals surface area (Å²) in [6, 6.07) is 13.5. The van der Waals surface area contributed by atoms with Gasteiger partial charge in [-0.05, 0) is 49.0 Å². The van der Waals surface area contributed by atoms with E-state index in [4.69, 9.17) is 40.2 Å². The molecule has 0 fully saturated rings. The molecule has 0 spiro atoms. The Kier molecular flexibility index (Phi) is 8.32. The molecule has 142 valence electrons. The standard InChI is InChI=1S/C18H17Cl2N3O3S/c19-13-8-9-15(14(20)11-13)26-10-4-7-16(24)21-18(27)23-22-17(25)12-5-2-1-3-6-12/h1-3,5-6,8-9,11H,4,7,10H2,(H,22,25)(H2,21,23,24,27). The lowest BCUT2D eigenvalue weighted by atomic mass is 10.2. The number of ether oxygens (including phenoxy) is 1. The Balaban J connectivity index is 1.63. The maximum atomic E-state index is 11.8. The molecule has 2 aromatic carbocycles.